The Labute approximate surface area is 151 Å². The van der Waals surface area contributed by atoms with Crippen LogP contribution in [0.3, 0.4) is 0 Å². The molecule has 1 heterocycles. The van der Waals surface area contributed by atoms with Gasteiger partial charge in [0.2, 0.25) is 0 Å². The van der Waals surface area contributed by atoms with Crippen LogP contribution in [0, 0.1) is 0 Å². The maximum atomic E-state index is 2.36. The largest absolute Gasteiger partial charge is 0.343 e. The molecule has 1 aromatic heterocycles. The Balaban J connectivity index is 2.08. The molecule has 26 heavy (non-hydrogen) atoms. The second-order valence-corrected chi connectivity index (χ2v) is 7.05. The van der Waals surface area contributed by atoms with Crippen LogP contribution in [0.5, 0.6) is 0 Å². The van der Waals surface area contributed by atoms with Crippen LogP contribution in [0.1, 0.15) is 0 Å². The molecule has 5 aromatic carbocycles. The minimum absolute atomic E-state index is 1.29. The molecule has 0 aliphatic heterocycles. The summed E-state index contributed by atoms with van der Waals surface area (Å²) in [5.41, 5.74) is 2.61. The SMILES string of the molecule is Cn1c2ccccc2c2c3ccccc3c3c4ccccc4ccc3c21. The summed E-state index contributed by atoms with van der Waals surface area (Å²) in [7, 11) is 2.19. The minimum atomic E-state index is 1.29. The van der Waals surface area contributed by atoms with Crippen molar-refractivity contribution >= 4 is 54.1 Å². The first-order valence-corrected chi connectivity index (χ1v) is 9.04. The van der Waals surface area contributed by atoms with E-state index >= 15 is 0 Å². The Kier molecular flexibility index (Phi) is 2.60. The molecular formula is C25H17N. The van der Waals surface area contributed by atoms with Crippen molar-refractivity contribution in [2.24, 2.45) is 7.05 Å². The van der Waals surface area contributed by atoms with Gasteiger partial charge in [0, 0.05) is 28.7 Å². The van der Waals surface area contributed by atoms with Gasteiger partial charge in [0.1, 0.15) is 0 Å². The number of aryl methyl sites for hydroxylation is 1. The van der Waals surface area contributed by atoms with Crippen molar-refractivity contribution in [1.29, 1.82) is 0 Å². The van der Waals surface area contributed by atoms with Gasteiger partial charge in [-0.15, -0.1) is 0 Å². The first-order valence-electron chi connectivity index (χ1n) is 9.04. The van der Waals surface area contributed by atoms with Crippen molar-refractivity contribution in [3.8, 4) is 0 Å². The van der Waals surface area contributed by atoms with Crippen molar-refractivity contribution in [2.45, 2.75) is 0 Å². The highest BCUT2D eigenvalue weighted by atomic mass is 14.9. The first-order chi connectivity index (χ1) is 12.8. The van der Waals surface area contributed by atoms with E-state index in [-0.39, 0.29) is 0 Å². The number of benzene rings is 5. The molecule has 0 amide bonds. The minimum Gasteiger partial charge on any atom is -0.343 e. The molecular weight excluding hydrogens is 314 g/mol. The third-order valence-electron chi connectivity index (χ3n) is 5.76. The quantitative estimate of drug-likeness (QED) is 0.270. The van der Waals surface area contributed by atoms with Gasteiger partial charge in [-0.3, -0.25) is 0 Å². The van der Waals surface area contributed by atoms with Gasteiger partial charge in [-0.1, -0.05) is 78.9 Å². The van der Waals surface area contributed by atoms with Crippen LogP contribution >= 0.6 is 0 Å². The molecule has 122 valence electrons. The number of hydrogen-bond acceptors (Lipinski definition) is 0. The lowest BCUT2D eigenvalue weighted by Gasteiger charge is -2.12. The molecule has 6 rings (SSSR count). The van der Waals surface area contributed by atoms with E-state index in [4.69, 9.17) is 0 Å². The van der Waals surface area contributed by atoms with Gasteiger partial charge in [0.05, 0.1) is 5.52 Å². The summed E-state index contributed by atoms with van der Waals surface area (Å²) in [4.78, 5) is 0. The number of para-hydroxylation sites is 1. The molecule has 0 N–H and O–H groups in total. The lowest BCUT2D eigenvalue weighted by atomic mass is 9.93. The van der Waals surface area contributed by atoms with Crippen LogP contribution < -0.4 is 0 Å². The number of aromatic nitrogens is 1. The summed E-state index contributed by atoms with van der Waals surface area (Å²) in [6.45, 7) is 0. The number of rotatable bonds is 0. The molecule has 0 fully saturated rings. The van der Waals surface area contributed by atoms with Gasteiger partial charge >= 0.3 is 0 Å². The third-order valence-corrected chi connectivity index (χ3v) is 5.76. The molecule has 0 spiro atoms. The van der Waals surface area contributed by atoms with E-state index in [1.54, 1.807) is 0 Å². The van der Waals surface area contributed by atoms with Crippen LogP contribution in [-0.4, -0.2) is 4.57 Å². The fourth-order valence-corrected chi connectivity index (χ4v) is 4.66. The summed E-state index contributed by atoms with van der Waals surface area (Å²) in [6.07, 6.45) is 0. The Morgan fingerprint density at radius 1 is 0.500 bits per heavy atom. The molecule has 0 atom stereocenters. The summed E-state index contributed by atoms with van der Waals surface area (Å²) >= 11 is 0. The second kappa shape index (κ2) is 4.86. The summed E-state index contributed by atoms with van der Waals surface area (Å²) in [5.74, 6) is 0. The normalized spacial score (nSPS) is 12.0. The van der Waals surface area contributed by atoms with Gasteiger partial charge in [-0.2, -0.15) is 0 Å². The van der Waals surface area contributed by atoms with E-state index in [1.807, 2.05) is 0 Å². The van der Waals surface area contributed by atoms with Gasteiger partial charge < -0.3 is 4.57 Å². The molecule has 6 aromatic rings. The van der Waals surface area contributed by atoms with Crippen LogP contribution in [0.15, 0.2) is 84.9 Å². The van der Waals surface area contributed by atoms with Crippen LogP contribution in [0.2, 0.25) is 0 Å². The van der Waals surface area contributed by atoms with Gasteiger partial charge in [-0.05, 0) is 33.0 Å². The highest BCUT2D eigenvalue weighted by molar-refractivity contribution is 6.35. The Morgan fingerprint density at radius 3 is 1.92 bits per heavy atom. The maximum Gasteiger partial charge on any atom is 0.0575 e. The molecule has 0 aliphatic rings. The number of hydrogen-bond donors (Lipinski definition) is 0. The molecule has 1 nitrogen and oxygen atoms in total. The molecule has 0 radical (unpaired) electrons. The molecule has 0 saturated heterocycles. The molecule has 1 heteroatoms. The predicted octanol–water partition coefficient (Wildman–Crippen LogP) is 6.79. The maximum absolute atomic E-state index is 2.36. The zero-order valence-corrected chi connectivity index (χ0v) is 14.5. The highest BCUT2D eigenvalue weighted by Gasteiger charge is 2.16. The smallest absolute Gasteiger partial charge is 0.0575 e. The van der Waals surface area contributed by atoms with Crippen molar-refractivity contribution in [1.82, 2.24) is 4.57 Å². The second-order valence-electron chi connectivity index (χ2n) is 7.05. The fraction of sp³-hybridized carbons (Fsp3) is 0.0400. The van der Waals surface area contributed by atoms with E-state index in [2.05, 4.69) is 96.5 Å². The van der Waals surface area contributed by atoms with Crippen molar-refractivity contribution in [2.75, 3.05) is 0 Å². The third kappa shape index (κ3) is 1.60. The Hall–Kier alpha value is -3.32. The average molecular weight is 331 g/mol. The van der Waals surface area contributed by atoms with Crippen LogP contribution in [0.25, 0.3) is 54.1 Å². The van der Waals surface area contributed by atoms with Crippen molar-refractivity contribution in [3.63, 3.8) is 0 Å². The van der Waals surface area contributed by atoms with Crippen LogP contribution in [-0.2, 0) is 7.05 Å². The lowest BCUT2D eigenvalue weighted by Crippen LogP contribution is -1.89. The van der Waals surface area contributed by atoms with E-state index in [0.29, 0.717) is 0 Å². The molecule has 0 saturated carbocycles. The van der Waals surface area contributed by atoms with Gasteiger partial charge in [0.25, 0.3) is 0 Å². The zero-order valence-electron chi connectivity index (χ0n) is 14.5. The Bertz CT molecular complexity index is 1480. The van der Waals surface area contributed by atoms with Crippen molar-refractivity contribution < 1.29 is 0 Å². The van der Waals surface area contributed by atoms with E-state index in [9.17, 15) is 0 Å². The monoisotopic (exact) mass is 331 g/mol. The average Bonchev–Trinajstić information content (AvgIpc) is 3.01. The molecule has 0 unspecified atom stereocenters. The molecule has 0 bridgehead atoms. The van der Waals surface area contributed by atoms with Gasteiger partial charge in [-0.25, -0.2) is 0 Å². The van der Waals surface area contributed by atoms with Crippen molar-refractivity contribution in [3.05, 3.63) is 84.9 Å². The number of nitrogens with zero attached hydrogens (tertiary/aromatic N) is 1. The summed E-state index contributed by atoms with van der Waals surface area (Å²) in [6, 6.07) is 30.8. The van der Waals surface area contributed by atoms with Crippen LogP contribution in [0.4, 0.5) is 0 Å². The lowest BCUT2D eigenvalue weighted by molar-refractivity contribution is 1.02. The fourth-order valence-electron chi connectivity index (χ4n) is 4.66. The Morgan fingerprint density at radius 2 is 1.12 bits per heavy atom. The van der Waals surface area contributed by atoms with E-state index in [1.165, 1.54) is 54.1 Å². The van der Waals surface area contributed by atoms with E-state index in [0.717, 1.165) is 0 Å². The predicted molar refractivity (Wildman–Crippen MR) is 113 cm³/mol. The highest BCUT2D eigenvalue weighted by Crippen LogP contribution is 2.42. The molecule has 0 aliphatic carbocycles. The summed E-state index contributed by atoms with van der Waals surface area (Å²) < 4.78 is 2.36. The summed E-state index contributed by atoms with van der Waals surface area (Å²) in [5, 5.41) is 10.7. The standard InChI is InChI=1S/C25H17N/c1-26-22-13-7-6-12-20(22)24-19-11-5-4-10-18(19)23-17-9-3-2-8-16(17)14-15-21(23)25(24)26/h2-15H,1H3. The van der Waals surface area contributed by atoms with E-state index < -0.39 is 0 Å². The topological polar surface area (TPSA) is 4.93 Å². The first kappa shape index (κ1) is 13.9. The number of fused-ring (bicyclic) bond motifs is 10. The zero-order chi connectivity index (χ0) is 17.3. The van der Waals surface area contributed by atoms with Gasteiger partial charge in [0.15, 0.2) is 0 Å².